The summed E-state index contributed by atoms with van der Waals surface area (Å²) in [6.45, 7) is 1.63. The molecule has 520 valence electrons. The highest BCUT2D eigenvalue weighted by Crippen LogP contribution is 2.46. The summed E-state index contributed by atoms with van der Waals surface area (Å²) in [5.41, 5.74) is -1.95. The van der Waals surface area contributed by atoms with Crippen LogP contribution in [0.15, 0.2) is 0 Å². The molecule has 3 rings (SSSR count). The van der Waals surface area contributed by atoms with E-state index in [0.29, 0.717) is 0 Å². The third kappa shape index (κ3) is 27.8. The van der Waals surface area contributed by atoms with E-state index in [1.165, 1.54) is 20.8 Å². The Morgan fingerprint density at radius 3 is 1.10 bits per heavy atom. The van der Waals surface area contributed by atoms with Crippen LogP contribution in [0.3, 0.4) is 0 Å². The summed E-state index contributed by atoms with van der Waals surface area (Å²) in [6, 6.07) is -3.68. The summed E-state index contributed by atoms with van der Waals surface area (Å²) in [7, 11) is -2.90. The zero-order valence-corrected chi connectivity index (χ0v) is 52.2. The number of hydrogen-bond acceptors (Lipinski definition) is 28. The highest BCUT2D eigenvalue weighted by atomic mass is 31.2. The summed E-state index contributed by atoms with van der Waals surface area (Å²) in [5.74, 6) is -5.01. The van der Waals surface area contributed by atoms with Crippen molar-refractivity contribution in [2.75, 3.05) is 112 Å². The van der Waals surface area contributed by atoms with Gasteiger partial charge in [0.05, 0.1) is 85.9 Å². The van der Waals surface area contributed by atoms with Crippen LogP contribution in [0.2, 0.25) is 0 Å². The molecule has 16 atom stereocenters. The zero-order valence-electron chi connectivity index (χ0n) is 51.3. The third-order valence-electron chi connectivity index (χ3n) is 13.9. The number of ether oxygens (including phenoxy) is 9. The molecule has 0 aliphatic carbocycles. The molecule has 7 unspecified atom stereocenters. The molecular weight excluding hydrogens is 1230 g/mol. The summed E-state index contributed by atoms with van der Waals surface area (Å²) < 4.78 is 56.8. The van der Waals surface area contributed by atoms with Gasteiger partial charge in [0, 0.05) is 71.9 Å². The number of hydrogen-bond donors (Lipinski definition) is 18. The van der Waals surface area contributed by atoms with Gasteiger partial charge in [-0.05, 0) is 6.42 Å². The topological polar surface area (TPSA) is 527 Å². The van der Waals surface area contributed by atoms with Crippen molar-refractivity contribution in [3.8, 4) is 0 Å². The molecule has 3 saturated heterocycles. The number of aliphatic hydroxyl groups excluding tert-OH is 9. The number of aliphatic hydroxyl groups is 9. The molecule has 18 N–H and O–H groups in total. The molecular formula is C53H95N8O28P. The third-order valence-corrected chi connectivity index (χ3v) is 16.2. The first-order valence-electron chi connectivity index (χ1n) is 29.3. The van der Waals surface area contributed by atoms with Gasteiger partial charge in [0.1, 0.15) is 92.4 Å². The van der Waals surface area contributed by atoms with E-state index in [1.54, 1.807) is 13.8 Å². The Morgan fingerprint density at radius 2 is 0.800 bits per heavy atom. The summed E-state index contributed by atoms with van der Waals surface area (Å²) in [4.78, 5) is 112. The van der Waals surface area contributed by atoms with Crippen LogP contribution in [-0.2, 0) is 85.5 Å². The molecule has 3 aliphatic heterocycles. The van der Waals surface area contributed by atoms with Gasteiger partial charge in [0.25, 0.3) is 0 Å². The fraction of sp³-hybridized carbons (Fsp3) is 0.830. The van der Waals surface area contributed by atoms with Crippen molar-refractivity contribution >= 4 is 60.9 Å². The molecule has 0 aromatic carbocycles. The van der Waals surface area contributed by atoms with Crippen LogP contribution in [0.25, 0.3) is 0 Å². The molecule has 0 radical (unpaired) electrons. The van der Waals surface area contributed by atoms with Gasteiger partial charge >= 0.3 is 0 Å². The lowest BCUT2D eigenvalue weighted by atomic mass is 9.97. The Bertz CT molecular complexity index is 2100. The van der Waals surface area contributed by atoms with Gasteiger partial charge < -0.3 is 141 Å². The molecule has 0 spiro atoms. The number of rotatable bonds is 42. The quantitative estimate of drug-likeness (QED) is 0.0153. The molecule has 0 bridgehead atoms. The van der Waals surface area contributed by atoms with Gasteiger partial charge in [-0.3, -0.25) is 38.4 Å². The molecule has 0 aromatic rings. The second-order valence-corrected chi connectivity index (χ2v) is 24.6. The van der Waals surface area contributed by atoms with Gasteiger partial charge in [0.15, 0.2) is 18.9 Å². The van der Waals surface area contributed by atoms with Crippen molar-refractivity contribution < 1.29 is 136 Å². The van der Waals surface area contributed by atoms with Crippen molar-refractivity contribution in [2.45, 2.75) is 170 Å². The van der Waals surface area contributed by atoms with E-state index in [1.807, 2.05) is 0 Å². The highest BCUT2D eigenvalue weighted by Gasteiger charge is 2.48. The second-order valence-electron chi connectivity index (χ2n) is 21.8. The first-order valence-corrected chi connectivity index (χ1v) is 31.2. The molecule has 3 heterocycles. The standard InChI is InChI=1S/C53H95N8O28P/c1-29(2)90(6,79)86-15-7-11-54-39(71)22-40(72)61-53(26-80-16-8-36(68)55-12-19-83-50-41(58-30(3)65)47(76)44(73)33(23-62)87-50,27-81-17-9-37(69)56-13-20-84-51-42(59-31(4)66)48(77)45(74)34(24-63)88-51)28-82-18-10-38(70)57-14-21-85-52-43(60-32(5)67)49(78)46(75)35(25-64)89-52/h29,33-35,41-52,62-64,73-79H,6-28H2,1-5H3,(H,54,71)(H,55,68)(H,56,69)(H,57,70)(H,58,65)(H,59,66)(H,60,67)(H,61,72)/t33?,34?,35?,41?,42?,43?,44-,45-,46-,47+,48+,49+,50+,51+,52+,53?,90?/m0/s1. The maximum absolute atomic E-state index is 13.8. The van der Waals surface area contributed by atoms with E-state index in [4.69, 9.17) is 47.2 Å². The van der Waals surface area contributed by atoms with Crippen molar-refractivity contribution in [1.82, 2.24) is 42.5 Å². The lowest BCUT2D eigenvalue weighted by molar-refractivity contribution is -0.269. The Morgan fingerprint density at radius 1 is 0.478 bits per heavy atom. The van der Waals surface area contributed by atoms with Crippen LogP contribution in [0.1, 0.15) is 66.7 Å². The monoisotopic (exact) mass is 1320 g/mol. The Hall–Kier alpha value is -4.74. The minimum atomic E-state index is -2.90. The van der Waals surface area contributed by atoms with E-state index in [-0.39, 0.29) is 104 Å². The lowest BCUT2D eigenvalue weighted by Gasteiger charge is -2.42. The van der Waals surface area contributed by atoms with Gasteiger partial charge in [-0.2, -0.15) is 0 Å². The van der Waals surface area contributed by atoms with Gasteiger partial charge in [-0.15, -0.1) is 0 Å². The first kappa shape index (κ1) is 79.5. The minimum Gasteiger partial charge on any atom is -0.394 e. The van der Waals surface area contributed by atoms with E-state index < -0.39 is 198 Å². The van der Waals surface area contributed by atoms with Gasteiger partial charge in [-0.25, -0.2) is 0 Å². The summed E-state index contributed by atoms with van der Waals surface area (Å²) in [5, 5.41) is 112. The molecule has 90 heavy (non-hydrogen) atoms. The average molecular weight is 1320 g/mol. The smallest absolute Gasteiger partial charge is 0.230 e. The van der Waals surface area contributed by atoms with E-state index in [2.05, 4.69) is 48.8 Å². The van der Waals surface area contributed by atoms with Crippen molar-refractivity contribution in [2.24, 2.45) is 0 Å². The molecule has 0 aromatic heterocycles. The Balaban J connectivity index is 1.73. The second kappa shape index (κ2) is 41.1. The molecule has 37 heteroatoms. The lowest BCUT2D eigenvalue weighted by Crippen LogP contribution is -2.64. The first-order chi connectivity index (χ1) is 42.6. The number of carbonyl (C=O) groups excluding carboxylic acids is 8. The van der Waals surface area contributed by atoms with Crippen molar-refractivity contribution in [1.29, 1.82) is 0 Å². The molecule has 8 amide bonds. The van der Waals surface area contributed by atoms with Crippen LogP contribution < -0.4 is 42.5 Å². The summed E-state index contributed by atoms with van der Waals surface area (Å²) >= 11 is 0. The van der Waals surface area contributed by atoms with Crippen LogP contribution in [0.5, 0.6) is 0 Å². The number of amides is 8. The summed E-state index contributed by atoms with van der Waals surface area (Å²) in [6.07, 6.45) is -14.7. The fourth-order valence-electron chi connectivity index (χ4n) is 8.95. The van der Waals surface area contributed by atoms with Crippen LogP contribution in [0, 0.1) is 0 Å². The maximum atomic E-state index is 13.8. The van der Waals surface area contributed by atoms with Gasteiger partial charge in [0.2, 0.25) is 47.3 Å². The molecule has 0 saturated carbocycles. The maximum Gasteiger partial charge on any atom is 0.230 e. The number of carbonyl (C=O) groups is 8. The Labute approximate surface area is 520 Å². The molecule has 3 aliphatic rings. The van der Waals surface area contributed by atoms with Crippen molar-refractivity contribution in [3.63, 3.8) is 0 Å². The van der Waals surface area contributed by atoms with Crippen LogP contribution in [0.4, 0.5) is 0 Å². The predicted octanol–water partition coefficient (Wildman–Crippen LogP) is -9.12. The molecule has 3 fully saturated rings. The highest BCUT2D eigenvalue weighted by molar-refractivity contribution is 7.64. The largest absolute Gasteiger partial charge is 0.394 e. The van der Waals surface area contributed by atoms with E-state index in [9.17, 15) is 89.2 Å². The zero-order chi connectivity index (χ0) is 67.1. The van der Waals surface area contributed by atoms with Crippen LogP contribution in [-0.4, -0.2) is 320 Å². The normalized spacial score (nSPS) is 28.1. The number of nitrogens with one attached hydrogen (secondary N) is 8. The molecule has 36 nitrogen and oxygen atoms in total. The fourth-order valence-corrected chi connectivity index (χ4v) is 9.69. The van der Waals surface area contributed by atoms with Crippen LogP contribution >= 0.6 is 7.34 Å². The van der Waals surface area contributed by atoms with Crippen molar-refractivity contribution in [3.05, 3.63) is 0 Å². The SMILES string of the molecule is C=P(O)(OCCCNC(=O)CC(=O)NC(COCCC(=O)NCCO[C@@H]1OC(CO)[C@H](O)[C@H](O)C1NC(C)=O)(COCCC(=O)NCCO[C@@H]1OC(CO)[C@H](O)[C@H](O)C1NC(C)=O)COCCC(=O)NCCO[C@@H]1OC(CO)[C@H](O)[C@H](O)C1NC(C)=O)C(C)C. The van der Waals surface area contributed by atoms with E-state index >= 15 is 0 Å². The predicted molar refractivity (Wildman–Crippen MR) is 310 cm³/mol. The van der Waals surface area contributed by atoms with Gasteiger partial charge in [-0.1, -0.05) is 20.1 Å². The minimum absolute atomic E-state index is 0.0530. The average Bonchev–Trinajstić information content (AvgIpc) is 0.948. The van der Waals surface area contributed by atoms with E-state index in [0.717, 1.165) is 0 Å². The Kier molecular flexibility index (Phi) is 36.3.